The van der Waals surface area contributed by atoms with Crippen molar-refractivity contribution in [2.45, 2.75) is 0 Å². The molecule has 0 spiro atoms. The molecular weight excluding hydrogens is 875 g/mol. The van der Waals surface area contributed by atoms with Gasteiger partial charge in [0, 0.05) is 70.0 Å². The Bertz CT molecular complexity index is 2160. The highest BCUT2D eigenvalue weighted by Gasteiger charge is 2.15. The summed E-state index contributed by atoms with van der Waals surface area (Å²) in [5, 5.41) is 10.6. The van der Waals surface area contributed by atoms with E-state index in [1.807, 2.05) is 91.0 Å². The fourth-order valence-electron chi connectivity index (χ4n) is 4.96. The molecule has 15 heteroatoms. The van der Waals surface area contributed by atoms with Gasteiger partial charge in [0.05, 0.1) is 0 Å². The van der Waals surface area contributed by atoms with Gasteiger partial charge in [-0.2, -0.15) is 0 Å². The maximum Gasteiger partial charge on any atom is 0.257 e. The van der Waals surface area contributed by atoms with Gasteiger partial charge in [0.2, 0.25) is 0 Å². The van der Waals surface area contributed by atoms with E-state index in [2.05, 4.69) is 16.0 Å². The van der Waals surface area contributed by atoms with E-state index in [1.54, 1.807) is 109 Å². The number of hydrogen-bond donors (Lipinski definition) is 3. The van der Waals surface area contributed by atoms with E-state index in [0.29, 0.717) is 47.1 Å². The van der Waals surface area contributed by atoms with Gasteiger partial charge in [-0.1, -0.05) is 108 Å². The van der Waals surface area contributed by atoms with Crippen molar-refractivity contribution in [3.63, 3.8) is 0 Å². The van der Waals surface area contributed by atoms with Gasteiger partial charge in [0.25, 0.3) is 17.7 Å². The van der Waals surface area contributed by atoms with Gasteiger partial charge in [-0.3, -0.25) is 30.3 Å². The van der Waals surface area contributed by atoms with Crippen molar-refractivity contribution in [3.8, 4) is 0 Å². The van der Waals surface area contributed by atoms with E-state index < -0.39 is 0 Å². The summed E-state index contributed by atoms with van der Waals surface area (Å²) in [7, 11) is 5.40. The molecule has 0 fully saturated rings. The van der Waals surface area contributed by atoms with Gasteiger partial charge < -0.3 is 14.7 Å². The highest BCUT2D eigenvalue weighted by Crippen LogP contribution is 2.16. The predicted octanol–water partition coefficient (Wildman–Crippen LogP) is 10.5. The SMILES string of the molecule is CN(C(=S)NC(=O)c1cccc(Cl)c1)c1ccccc1.CN(C(=S)NC(=O)c1cccc(Cl)c1)c1ccccc1.CN(C(=S)NC(=O)c1cccc(Cl)c1)c1ccccc1. The van der Waals surface area contributed by atoms with Crippen molar-refractivity contribution in [1.82, 2.24) is 16.0 Å². The number of amides is 3. The van der Waals surface area contributed by atoms with E-state index in [0.717, 1.165) is 17.1 Å². The summed E-state index contributed by atoms with van der Waals surface area (Å²) < 4.78 is 0. The molecule has 0 unspecified atom stereocenters. The molecule has 0 radical (unpaired) electrons. The van der Waals surface area contributed by atoms with Crippen molar-refractivity contribution in [3.05, 3.63) is 196 Å². The molecular formula is C45H39Cl3N6O3S3. The van der Waals surface area contributed by atoms with E-state index in [-0.39, 0.29) is 17.7 Å². The first-order chi connectivity index (χ1) is 28.7. The molecule has 3 N–H and O–H groups in total. The first kappa shape index (κ1) is 47.0. The standard InChI is InChI=1S/3C15H13ClN2OS/c3*1-18(13-8-3-2-4-9-13)15(20)17-14(19)11-6-5-7-12(16)10-11/h3*2-10H,1H3,(H,17,19,20). The fraction of sp³-hybridized carbons (Fsp3) is 0.0667. The summed E-state index contributed by atoms with van der Waals surface area (Å²) in [5.74, 6) is -0.833. The number of thiocarbonyl (C=S) groups is 3. The van der Waals surface area contributed by atoms with Crippen LogP contribution in [-0.4, -0.2) is 54.2 Å². The van der Waals surface area contributed by atoms with Crippen molar-refractivity contribution < 1.29 is 14.4 Å². The number of rotatable bonds is 6. The zero-order chi connectivity index (χ0) is 43.6. The molecule has 0 aliphatic carbocycles. The maximum absolute atomic E-state index is 12.1. The van der Waals surface area contributed by atoms with Crippen LogP contribution in [0.5, 0.6) is 0 Å². The Hall–Kier alpha value is -5.73. The van der Waals surface area contributed by atoms with Gasteiger partial charge in [-0.05, 0) is 128 Å². The summed E-state index contributed by atoms with van der Waals surface area (Å²) in [5.41, 5.74) is 4.14. The van der Waals surface area contributed by atoms with Crippen LogP contribution in [0.15, 0.2) is 164 Å². The summed E-state index contributed by atoms with van der Waals surface area (Å²) in [4.78, 5) is 41.4. The second kappa shape index (κ2) is 23.8. The van der Waals surface area contributed by atoms with Crippen molar-refractivity contribution in [2.24, 2.45) is 0 Å². The lowest BCUT2D eigenvalue weighted by molar-refractivity contribution is 0.0969. The van der Waals surface area contributed by atoms with Crippen LogP contribution in [0.4, 0.5) is 17.1 Å². The molecule has 3 amide bonds. The number of carbonyl (C=O) groups excluding carboxylic acids is 3. The summed E-state index contributed by atoms with van der Waals surface area (Å²) >= 11 is 33.3. The Labute approximate surface area is 380 Å². The van der Waals surface area contributed by atoms with E-state index in [1.165, 1.54) is 0 Å². The Morgan fingerprint density at radius 3 is 0.833 bits per heavy atom. The Morgan fingerprint density at radius 2 is 0.617 bits per heavy atom. The Morgan fingerprint density at radius 1 is 0.383 bits per heavy atom. The van der Waals surface area contributed by atoms with Crippen LogP contribution >= 0.6 is 71.5 Å². The van der Waals surface area contributed by atoms with Crippen LogP contribution in [0.2, 0.25) is 15.1 Å². The van der Waals surface area contributed by atoms with Crippen LogP contribution in [0.25, 0.3) is 0 Å². The third-order valence-corrected chi connectivity index (χ3v) is 10.1. The topological polar surface area (TPSA) is 97.0 Å². The molecule has 306 valence electrons. The molecule has 60 heavy (non-hydrogen) atoms. The average molecular weight is 914 g/mol. The van der Waals surface area contributed by atoms with Crippen LogP contribution in [-0.2, 0) is 0 Å². The Balaban J connectivity index is 0.000000198. The number of nitrogens with zero attached hydrogens (tertiary/aromatic N) is 3. The van der Waals surface area contributed by atoms with E-state index >= 15 is 0 Å². The van der Waals surface area contributed by atoms with Crippen molar-refractivity contribution in [1.29, 1.82) is 0 Å². The predicted molar refractivity (Wildman–Crippen MR) is 259 cm³/mol. The molecule has 0 aromatic heterocycles. The van der Waals surface area contributed by atoms with Crippen LogP contribution in [0.1, 0.15) is 31.1 Å². The zero-order valence-corrected chi connectivity index (χ0v) is 37.2. The molecule has 0 atom stereocenters. The van der Waals surface area contributed by atoms with Crippen molar-refractivity contribution in [2.75, 3.05) is 35.8 Å². The monoisotopic (exact) mass is 912 g/mol. The second-order valence-electron chi connectivity index (χ2n) is 12.5. The minimum absolute atomic E-state index is 0.278. The van der Waals surface area contributed by atoms with Gasteiger partial charge in [0.1, 0.15) is 0 Å². The fourth-order valence-corrected chi connectivity index (χ4v) is 6.12. The van der Waals surface area contributed by atoms with Crippen LogP contribution in [0, 0.1) is 0 Å². The molecule has 6 aromatic rings. The number of hydrogen-bond acceptors (Lipinski definition) is 6. The number of halogens is 3. The Kier molecular flexibility index (Phi) is 18.6. The van der Waals surface area contributed by atoms with Gasteiger partial charge in [-0.25, -0.2) is 0 Å². The molecule has 0 aliphatic rings. The number of benzene rings is 6. The van der Waals surface area contributed by atoms with E-state index in [4.69, 9.17) is 71.5 Å². The molecule has 0 saturated heterocycles. The first-order valence-electron chi connectivity index (χ1n) is 17.9. The van der Waals surface area contributed by atoms with Gasteiger partial charge >= 0.3 is 0 Å². The third-order valence-electron chi connectivity index (χ3n) is 8.27. The van der Waals surface area contributed by atoms with Gasteiger partial charge in [0.15, 0.2) is 15.3 Å². The van der Waals surface area contributed by atoms with E-state index in [9.17, 15) is 14.4 Å². The lowest BCUT2D eigenvalue weighted by Gasteiger charge is -2.20. The molecule has 9 nitrogen and oxygen atoms in total. The molecule has 6 aromatic carbocycles. The molecule has 0 bridgehead atoms. The summed E-state index contributed by atoms with van der Waals surface area (Å²) in [6.45, 7) is 0. The largest absolute Gasteiger partial charge is 0.322 e. The second-order valence-corrected chi connectivity index (χ2v) is 15.0. The molecule has 0 saturated carbocycles. The molecule has 0 aliphatic heterocycles. The summed E-state index contributed by atoms with van der Waals surface area (Å²) in [6, 6.07) is 48.9. The summed E-state index contributed by atoms with van der Waals surface area (Å²) in [6.07, 6.45) is 0. The van der Waals surface area contributed by atoms with Crippen molar-refractivity contribution >= 4 is 122 Å². The lowest BCUT2D eigenvalue weighted by Crippen LogP contribution is -2.40. The minimum atomic E-state index is -0.278. The smallest absolute Gasteiger partial charge is 0.257 e. The number of anilines is 3. The number of carbonyl (C=O) groups is 3. The quantitative estimate of drug-likeness (QED) is 0.141. The number of para-hydroxylation sites is 3. The maximum atomic E-state index is 12.1. The third kappa shape index (κ3) is 14.8. The highest BCUT2D eigenvalue weighted by molar-refractivity contribution is 7.81. The average Bonchev–Trinajstić information content (AvgIpc) is 3.26. The highest BCUT2D eigenvalue weighted by atomic mass is 35.5. The number of nitrogens with one attached hydrogen (secondary N) is 3. The van der Waals surface area contributed by atoms with Crippen LogP contribution in [0.3, 0.4) is 0 Å². The van der Waals surface area contributed by atoms with Crippen LogP contribution < -0.4 is 30.7 Å². The minimum Gasteiger partial charge on any atom is -0.322 e. The first-order valence-corrected chi connectivity index (χ1v) is 20.3. The zero-order valence-electron chi connectivity index (χ0n) is 32.5. The molecule has 0 heterocycles. The normalized spacial score (nSPS) is 9.90. The van der Waals surface area contributed by atoms with Gasteiger partial charge in [-0.15, -0.1) is 0 Å². The molecule has 6 rings (SSSR count). The lowest BCUT2D eigenvalue weighted by atomic mass is 10.2.